The Morgan fingerprint density at radius 1 is 1.12 bits per heavy atom. The van der Waals surface area contributed by atoms with Crippen LogP contribution in [0.5, 0.6) is 11.5 Å². The number of allylic oxidation sites excluding steroid dienone is 1. The third kappa shape index (κ3) is 2.69. The van der Waals surface area contributed by atoms with E-state index in [-0.39, 0.29) is 11.8 Å². The van der Waals surface area contributed by atoms with Crippen molar-refractivity contribution in [2.45, 2.75) is 5.92 Å². The van der Waals surface area contributed by atoms with Gasteiger partial charge in [0.15, 0.2) is 0 Å². The molecule has 26 heavy (non-hydrogen) atoms. The second-order valence-corrected chi connectivity index (χ2v) is 7.00. The Morgan fingerprint density at radius 2 is 1.96 bits per heavy atom. The maximum Gasteiger partial charge on any atom is 0.205 e. The number of nitrogens with zero attached hydrogens (tertiary/aromatic N) is 1. The molecule has 0 amide bonds. The van der Waals surface area contributed by atoms with Crippen molar-refractivity contribution in [3.8, 4) is 17.6 Å². The Balaban J connectivity index is 1.98. The molecular formula is C21H15BrN2O2. The topological polar surface area (TPSA) is 68.3 Å². The van der Waals surface area contributed by atoms with Crippen LogP contribution >= 0.6 is 15.9 Å². The van der Waals surface area contributed by atoms with Crippen molar-refractivity contribution in [2.24, 2.45) is 5.73 Å². The molecule has 3 aromatic rings. The zero-order valence-corrected chi connectivity index (χ0v) is 15.6. The maximum atomic E-state index is 9.70. The Labute approximate surface area is 159 Å². The summed E-state index contributed by atoms with van der Waals surface area (Å²) in [6.07, 6.45) is 0. The van der Waals surface area contributed by atoms with Gasteiger partial charge in [-0.05, 0) is 52.7 Å². The second kappa shape index (κ2) is 6.40. The van der Waals surface area contributed by atoms with Crippen LogP contribution in [0.15, 0.2) is 70.5 Å². The van der Waals surface area contributed by atoms with E-state index in [0.717, 1.165) is 32.1 Å². The highest BCUT2D eigenvalue weighted by Gasteiger charge is 2.31. The maximum absolute atomic E-state index is 9.70. The van der Waals surface area contributed by atoms with Gasteiger partial charge in [0.1, 0.15) is 23.1 Å². The van der Waals surface area contributed by atoms with Gasteiger partial charge in [0.05, 0.1) is 13.0 Å². The molecule has 0 bridgehead atoms. The van der Waals surface area contributed by atoms with E-state index in [9.17, 15) is 5.26 Å². The minimum absolute atomic E-state index is 0.143. The largest absolute Gasteiger partial charge is 0.497 e. The van der Waals surface area contributed by atoms with Crippen molar-refractivity contribution in [1.82, 2.24) is 0 Å². The number of fused-ring (bicyclic) bond motifs is 2. The summed E-state index contributed by atoms with van der Waals surface area (Å²) >= 11 is 3.51. The summed E-state index contributed by atoms with van der Waals surface area (Å²) in [6.45, 7) is 0. The molecule has 1 atom stereocenters. The van der Waals surface area contributed by atoms with Gasteiger partial charge in [-0.15, -0.1) is 0 Å². The summed E-state index contributed by atoms with van der Waals surface area (Å²) in [4.78, 5) is 0. The first-order chi connectivity index (χ1) is 12.6. The van der Waals surface area contributed by atoms with Crippen molar-refractivity contribution >= 4 is 26.7 Å². The zero-order chi connectivity index (χ0) is 18.3. The van der Waals surface area contributed by atoms with Crippen LogP contribution in [-0.2, 0) is 0 Å². The van der Waals surface area contributed by atoms with Crippen LogP contribution in [0.25, 0.3) is 10.8 Å². The van der Waals surface area contributed by atoms with Gasteiger partial charge in [0.2, 0.25) is 5.88 Å². The molecule has 0 saturated heterocycles. The highest BCUT2D eigenvalue weighted by molar-refractivity contribution is 9.10. The van der Waals surface area contributed by atoms with E-state index >= 15 is 0 Å². The molecule has 0 fully saturated rings. The molecular weight excluding hydrogens is 392 g/mol. The minimum atomic E-state index is -0.303. The van der Waals surface area contributed by atoms with E-state index in [1.807, 2.05) is 48.5 Å². The van der Waals surface area contributed by atoms with Gasteiger partial charge in [-0.2, -0.15) is 5.26 Å². The summed E-state index contributed by atoms with van der Waals surface area (Å²) in [6, 6.07) is 20.0. The highest BCUT2D eigenvalue weighted by Crippen LogP contribution is 2.44. The average molecular weight is 407 g/mol. The monoisotopic (exact) mass is 406 g/mol. The standard InChI is InChI=1S/C21H15BrN2O2/c1-25-16-4-2-3-13(8-16)20-17-9-14-7-15(22)6-5-12(14)10-19(17)26-21(24)18(20)11-23/h2-10,20H,24H2,1H3/t20-/m1/s1. The molecule has 4 rings (SSSR count). The summed E-state index contributed by atoms with van der Waals surface area (Å²) in [5.41, 5.74) is 8.31. The number of hydrogen-bond donors (Lipinski definition) is 1. The zero-order valence-electron chi connectivity index (χ0n) is 14.0. The summed E-state index contributed by atoms with van der Waals surface area (Å²) in [7, 11) is 1.62. The fourth-order valence-electron chi connectivity index (χ4n) is 3.34. The highest BCUT2D eigenvalue weighted by atomic mass is 79.9. The molecule has 0 aromatic heterocycles. The normalized spacial score (nSPS) is 16.0. The predicted molar refractivity (Wildman–Crippen MR) is 104 cm³/mol. The molecule has 1 aliphatic rings. The van der Waals surface area contributed by atoms with Crippen LogP contribution in [0.1, 0.15) is 17.0 Å². The number of benzene rings is 3. The van der Waals surface area contributed by atoms with Gasteiger partial charge in [0, 0.05) is 10.0 Å². The Morgan fingerprint density at radius 3 is 2.73 bits per heavy atom. The van der Waals surface area contributed by atoms with E-state index in [1.165, 1.54) is 0 Å². The van der Waals surface area contributed by atoms with Gasteiger partial charge in [-0.1, -0.05) is 34.1 Å². The number of halogens is 1. The quantitative estimate of drug-likeness (QED) is 0.661. The second-order valence-electron chi connectivity index (χ2n) is 6.08. The van der Waals surface area contributed by atoms with Gasteiger partial charge in [0.25, 0.3) is 0 Å². The lowest BCUT2D eigenvalue weighted by Crippen LogP contribution is -2.21. The molecule has 0 unspecified atom stereocenters. The van der Waals surface area contributed by atoms with Gasteiger partial charge < -0.3 is 15.2 Å². The summed E-state index contributed by atoms with van der Waals surface area (Å²) < 4.78 is 12.1. The number of nitrogens with two attached hydrogens (primary N) is 1. The van der Waals surface area contributed by atoms with Crippen LogP contribution in [0.4, 0.5) is 0 Å². The van der Waals surface area contributed by atoms with Gasteiger partial charge >= 0.3 is 0 Å². The first-order valence-corrected chi connectivity index (χ1v) is 8.85. The smallest absolute Gasteiger partial charge is 0.205 e. The summed E-state index contributed by atoms with van der Waals surface area (Å²) in [5.74, 6) is 1.24. The number of hydrogen-bond acceptors (Lipinski definition) is 4. The van der Waals surface area contributed by atoms with E-state index < -0.39 is 0 Å². The van der Waals surface area contributed by atoms with E-state index in [2.05, 4.69) is 28.1 Å². The van der Waals surface area contributed by atoms with Crippen molar-refractivity contribution in [3.05, 3.63) is 81.7 Å². The number of nitriles is 1. The molecule has 1 heterocycles. The molecule has 4 nitrogen and oxygen atoms in total. The molecule has 5 heteroatoms. The lowest BCUT2D eigenvalue weighted by molar-refractivity contribution is 0.393. The van der Waals surface area contributed by atoms with Crippen LogP contribution < -0.4 is 15.2 Å². The number of rotatable bonds is 2. The number of methoxy groups -OCH3 is 1. The van der Waals surface area contributed by atoms with Crippen LogP contribution in [0.3, 0.4) is 0 Å². The molecule has 1 aliphatic heterocycles. The van der Waals surface area contributed by atoms with E-state index in [0.29, 0.717) is 11.3 Å². The van der Waals surface area contributed by atoms with Crippen LogP contribution in [0, 0.1) is 11.3 Å². The van der Waals surface area contributed by atoms with Gasteiger partial charge in [-0.3, -0.25) is 0 Å². The average Bonchev–Trinajstić information content (AvgIpc) is 2.65. The lowest BCUT2D eigenvalue weighted by Gasteiger charge is -2.27. The fourth-order valence-corrected chi connectivity index (χ4v) is 3.72. The third-order valence-electron chi connectivity index (χ3n) is 4.56. The molecule has 2 N–H and O–H groups in total. The Bertz CT molecular complexity index is 1100. The molecule has 0 radical (unpaired) electrons. The third-order valence-corrected chi connectivity index (χ3v) is 5.06. The molecule has 0 saturated carbocycles. The first-order valence-electron chi connectivity index (χ1n) is 8.05. The van der Waals surface area contributed by atoms with Crippen molar-refractivity contribution in [3.63, 3.8) is 0 Å². The minimum Gasteiger partial charge on any atom is -0.497 e. The molecule has 0 spiro atoms. The first kappa shape index (κ1) is 16.5. The molecule has 0 aliphatic carbocycles. The molecule has 128 valence electrons. The van der Waals surface area contributed by atoms with Gasteiger partial charge in [-0.25, -0.2) is 0 Å². The van der Waals surface area contributed by atoms with Crippen molar-refractivity contribution < 1.29 is 9.47 Å². The predicted octanol–water partition coefficient (Wildman–Crippen LogP) is 4.83. The SMILES string of the molecule is COc1cccc([C@H]2C(C#N)=C(N)Oc3cc4ccc(Br)cc4cc32)c1. The number of ether oxygens (including phenoxy) is 2. The van der Waals surface area contributed by atoms with Crippen molar-refractivity contribution in [2.75, 3.05) is 7.11 Å². The lowest BCUT2D eigenvalue weighted by atomic mass is 9.82. The van der Waals surface area contributed by atoms with E-state index in [1.54, 1.807) is 7.11 Å². The van der Waals surface area contributed by atoms with E-state index in [4.69, 9.17) is 15.2 Å². The summed E-state index contributed by atoms with van der Waals surface area (Å²) in [5, 5.41) is 11.8. The fraction of sp³-hybridized carbons (Fsp3) is 0.0952. The van der Waals surface area contributed by atoms with Crippen LogP contribution in [-0.4, -0.2) is 7.11 Å². The van der Waals surface area contributed by atoms with Crippen LogP contribution in [0.2, 0.25) is 0 Å². The Kier molecular flexibility index (Phi) is 4.06. The van der Waals surface area contributed by atoms with Crippen molar-refractivity contribution in [1.29, 1.82) is 5.26 Å². The molecule has 3 aromatic carbocycles. The Hall–Kier alpha value is -2.97.